The third-order valence-corrected chi connectivity index (χ3v) is 4.57. The van der Waals surface area contributed by atoms with Crippen molar-refractivity contribution in [2.24, 2.45) is 0 Å². The number of carboxylic acids is 1. The molecule has 1 aliphatic heterocycles. The summed E-state index contributed by atoms with van der Waals surface area (Å²) >= 11 is 1.38. The molecule has 0 radical (unpaired) electrons. The molecule has 1 aromatic heterocycles. The molecule has 5 nitrogen and oxygen atoms in total. The predicted molar refractivity (Wildman–Crippen MR) is 83.6 cm³/mol. The number of amides is 1. The molecule has 0 aliphatic carbocycles. The number of carboxylic acid groups (broad SMARTS) is 1. The van der Waals surface area contributed by atoms with E-state index in [0.717, 1.165) is 36.9 Å². The van der Waals surface area contributed by atoms with Crippen LogP contribution in [0, 0.1) is 0 Å². The van der Waals surface area contributed by atoms with Gasteiger partial charge in [-0.2, -0.15) is 0 Å². The number of nitrogens with zero attached hydrogens (tertiary/aromatic N) is 2. The topological polar surface area (TPSA) is 60.9 Å². The maximum Gasteiger partial charge on any atom is 0.328 e. The molecule has 0 bridgehead atoms. The molecule has 21 heavy (non-hydrogen) atoms. The van der Waals surface area contributed by atoms with Crippen molar-refractivity contribution in [2.45, 2.75) is 18.9 Å². The number of carbonyl (C=O) groups is 2. The van der Waals surface area contributed by atoms with E-state index in [-0.39, 0.29) is 5.91 Å². The van der Waals surface area contributed by atoms with E-state index in [9.17, 15) is 9.59 Å². The summed E-state index contributed by atoms with van der Waals surface area (Å²) in [7, 11) is 4.08. The SMILES string of the molecule is CN(C)C1CCCN(C(=O)c2csc(C=CC(=O)O)c2)C1. The molecule has 0 aromatic carbocycles. The minimum atomic E-state index is -0.985. The van der Waals surface area contributed by atoms with E-state index in [1.54, 1.807) is 11.4 Å². The van der Waals surface area contributed by atoms with Crippen molar-refractivity contribution in [3.8, 4) is 0 Å². The van der Waals surface area contributed by atoms with E-state index in [1.807, 2.05) is 19.0 Å². The molecule has 1 saturated heterocycles. The summed E-state index contributed by atoms with van der Waals surface area (Å²) in [6, 6.07) is 2.17. The number of thiophene rings is 1. The summed E-state index contributed by atoms with van der Waals surface area (Å²) in [6.07, 6.45) is 4.74. The molecule has 1 aliphatic rings. The summed E-state index contributed by atoms with van der Waals surface area (Å²) < 4.78 is 0. The largest absolute Gasteiger partial charge is 0.478 e. The molecular formula is C15H20N2O3S. The maximum absolute atomic E-state index is 12.5. The first-order valence-corrected chi connectivity index (χ1v) is 7.80. The normalized spacial score (nSPS) is 19.4. The second-order valence-electron chi connectivity index (χ2n) is 5.42. The highest BCUT2D eigenvalue weighted by Crippen LogP contribution is 2.21. The molecule has 1 atom stereocenters. The van der Waals surface area contributed by atoms with Crippen LogP contribution in [0.4, 0.5) is 0 Å². The molecule has 114 valence electrons. The number of hydrogen-bond acceptors (Lipinski definition) is 4. The number of piperidine rings is 1. The molecule has 1 N–H and O–H groups in total. The molecule has 1 unspecified atom stereocenters. The van der Waals surface area contributed by atoms with Crippen molar-refractivity contribution in [3.63, 3.8) is 0 Å². The average molecular weight is 308 g/mol. The van der Waals surface area contributed by atoms with Gasteiger partial charge in [-0.15, -0.1) is 11.3 Å². The van der Waals surface area contributed by atoms with Crippen LogP contribution in [-0.4, -0.2) is 60.0 Å². The van der Waals surface area contributed by atoms with Gasteiger partial charge < -0.3 is 14.9 Å². The van der Waals surface area contributed by atoms with Gasteiger partial charge in [0.15, 0.2) is 0 Å². The van der Waals surface area contributed by atoms with Gasteiger partial charge in [0.2, 0.25) is 0 Å². The second-order valence-corrected chi connectivity index (χ2v) is 6.36. The number of carbonyl (C=O) groups excluding carboxylic acids is 1. The maximum atomic E-state index is 12.5. The van der Waals surface area contributed by atoms with Gasteiger partial charge >= 0.3 is 5.97 Å². The van der Waals surface area contributed by atoms with E-state index in [4.69, 9.17) is 5.11 Å². The van der Waals surface area contributed by atoms with Crippen molar-refractivity contribution in [1.82, 2.24) is 9.80 Å². The van der Waals surface area contributed by atoms with E-state index < -0.39 is 5.97 Å². The number of likely N-dealkylation sites (N-methyl/N-ethyl adjacent to an activating group) is 1. The zero-order valence-electron chi connectivity index (χ0n) is 12.3. The number of rotatable bonds is 4. The van der Waals surface area contributed by atoms with Crippen molar-refractivity contribution < 1.29 is 14.7 Å². The highest BCUT2D eigenvalue weighted by molar-refractivity contribution is 7.11. The molecule has 0 spiro atoms. The molecule has 1 aromatic rings. The quantitative estimate of drug-likeness (QED) is 0.864. The van der Waals surface area contributed by atoms with Gasteiger partial charge in [0, 0.05) is 35.5 Å². The second kappa shape index (κ2) is 6.87. The standard InChI is InChI=1S/C15H20N2O3S/c1-16(2)12-4-3-7-17(9-12)15(20)11-8-13(21-10-11)5-6-14(18)19/h5-6,8,10,12H,3-4,7,9H2,1-2H3,(H,18,19). The third kappa shape index (κ3) is 4.15. The molecule has 1 fully saturated rings. The molecular weight excluding hydrogens is 288 g/mol. The van der Waals surface area contributed by atoms with Crippen LogP contribution in [0.15, 0.2) is 17.5 Å². The average Bonchev–Trinajstić information content (AvgIpc) is 2.93. The first kappa shape index (κ1) is 15.7. The lowest BCUT2D eigenvalue weighted by Crippen LogP contribution is -2.47. The first-order chi connectivity index (χ1) is 9.97. The number of aliphatic carboxylic acids is 1. The van der Waals surface area contributed by atoms with E-state index >= 15 is 0 Å². The fraction of sp³-hybridized carbons (Fsp3) is 0.467. The summed E-state index contributed by atoms with van der Waals surface area (Å²) in [5.41, 5.74) is 0.643. The highest BCUT2D eigenvalue weighted by Gasteiger charge is 2.25. The molecule has 0 saturated carbocycles. The zero-order chi connectivity index (χ0) is 15.4. The predicted octanol–water partition coefficient (Wildman–Crippen LogP) is 2.01. The Morgan fingerprint density at radius 2 is 2.24 bits per heavy atom. The fourth-order valence-electron chi connectivity index (χ4n) is 2.45. The van der Waals surface area contributed by atoms with Crippen LogP contribution in [0.25, 0.3) is 6.08 Å². The van der Waals surface area contributed by atoms with Crippen molar-refractivity contribution in [1.29, 1.82) is 0 Å². The van der Waals surface area contributed by atoms with Gasteiger partial charge in [-0.05, 0) is 39.1 Å². The zero-order valence-corrected chi connectivity index (χ0v) is 13.1. The Balaban J connectivity index is 2.04. The number of likely N-dealkylation sites (tertiary alicyclic amines) is 1. The number of hydrogen-bond donors (Lipinski definition) is 1. The van der Waals surface area contributed by atoms with Crippen LogP contribution < -0.4 is 0 Å². The van der Waals surface area contributed by atoms with Gasteiger partial charge in [-0.1, -0.05) is 0 Å². The Labute approximate surface area is 128 Å². The smallest absolute Gasteiger partial charge is 0.328 e. The lowest BCUT2D eigenvalue weighted by Gasteiger charge is -2.36. The van der Waals surface area contributed by atoms with Crippen LogP contribution in [0.3, 0.4) is 0 Å². The Hall–Kier alpha value is -1.66. The highest BCUT2D eigenvalue weighted by atomic mass is 32.1. The van der Waals surface area contributed by atoms with Crippen molar-refractivity contribution in [3.05, 3.63) is 28.0 Å². The van der Waals surface area contributed by atoms with Crippen LogP contribution in [0.2, 0.25) is 0 Å². The third-order valence-electron chi connectivity index (χ3n) is 3.67. The van der Waals surface area contributed by atoms with Crippen molar-refractivity contribution >= 4 is 29.3 Å². The molecule has 1 amide bonds. The Kier molecular flexibility index (Phi) is 5.14. The van der Waals surface area contributed by atoms with E-state index in [1.165, 1.54) is 17.4 Å². The fourth-order valence-corrected chi connectivity index (χ4v) is 3.22. The van der Waals surface area contributed by atoms with Gasteiger partial charge in [-0.25, -0.2) is 4.79 Å². The summed E-state index contributed by atoms with van der Waals surface area (Å²) in [6.45, 7) is 1.54. The minimum Gasteiger partial charge on any atom is -0.478 e. The van der Waals surface area contributed by atoms with Crippen LogP contribution in [0.1, 0.15) is 28.1 Å². The lowest BCUT2D eigenvalue weighted by atomic mass is 10.0. The van der Waals surface area contributed by atoms with E-state index in [2.05, 4.69) is 4.90 Å². The summed E-state index contributed by atoms with van der Waals surface area (Å²) in [5, 5.41) is 10.4. The molecule has 6 heteroatoms. The van der Waals surface area contributed by atoms with Gasteiger partial charge in [-0.3, -0.25) is 4.79 Å². The van der Waals surface area contributed by atoms with Crippen LogP contribution in [0.5, 0.6) is 0 Å². The summed E-state index contributed by atoms with van der Waals surface area (Å²) in [4.78, 5) is 27.8. The first-order valence-electron chi connectivity index (χ1n) is 6.92. The van der Waals surface area contributed by atoms with Gasteiger partial charge in [0.25, 0.3) is 5.91 Å². The minimum absolute atomic E-state index is 0.0350. The monoisotopic (exact) mass is 308 g/mol. The summed E-state index contributed by atoms with van der Waals surface area (Å²) in [5.74, 6) is -0.950. The van der Waals surface area contributed by atoms with Crippen LogP contribution >= 0.6 is 11.3 Å². The van der Waals surface area contributed by atoms with Gasteiger partial charge in [0.1, 0.15) is 0 Å². The Morgan fingerprint density at radius 1 is 1.48 bits per heavy atom. The van der Waals surface area contributed by atoms with E-state index in [0.29, 0.717) is 11.6 Å². The Bertz CT molecular complexity index is 551. The molecule has 2 rings (SSSR count). The molecule has 2 heterocycles. The van der Waals surface area contributed by atoms with Gasteiger partial charge in [0.05, 0.1) is 5.56 Å². The lowest BCUT2D eigenvalue weighted by molar-refractivity contribution is -0.131. The Morgan fingerprint density at radius 3 is 2.90 bits per heavy atom. The van der Waals surface area contributed by atoms with Crippen molar-refractivity contribution in [2.75, 3.05) is 27.2 Å². The van der Waals surface area contributed by atoms with Crippen LogP contribution in [-0.2, 0) is 4.79 Å².